The van der Waals surface area contributed by atoms with Gasteiger partial charge in [0.15, 0.2) is 10.8 Å². The minimum Gasteiger partial charge on any atom is -0.461 e. The van der Waals surface area contributed by atoms with E-state index in [0.717, 1.165) is 27.9 Å². The van der Waals surface area contributed by atoms with Crippen molar-refractivity contribution in [1.29, 1.82) is 0 Å². The molecule has 1 unspecified atom stereocenters. The van der Waals surface area contributed by atoms with Crippen molar-refractivity contribution in [3.8, 4) is 10.8 Å². The number of rotatable bonds is 4. The van der Waals surface area contributed by atoms with E-state index in [0.29, 0.717) is 0 Å². The quantitative estimate of drug-likeness (QED) is 0.888. The average Bonchev–Trinajstić information content (AvgIpc) is 2.86. The van der Waals surface area contributed by atoms with E-state index in [4.69, 9.17) is 4.42 Å². The molecule has 86 valence electrons. The molecule has 0 radical (unpaired) electrons. The van der Waals surface area contributed by atoms with Crippen LogP contribution in [-0.4, -0.2) is 16.7 Å². The number of aromatic nitrogens is 2. The maximum absolute atomic E-state index is 5.39. The van der Waals surface area contributed by atoms with Gasteiger partial charge in [-0.25, -0.2) is 0 Å². The van der Waals surface area contributed by atoms with Crippen molar-refractivity contribution >= 4 is 11.3 Å². The Kier molecular flexibility index (Phi) is 3.36. The summed E-state index contributed by atoms with van der Waals surface area (Å²) in [7, 11) is 0. The third kappa shape index (κ3) is 2.15. The number of aryl methyl sites for hydroxylation is 1. The summed E-state index contributed by atoms with van der Waals surface area (Å²) >= 11 is 1.57. The van der Waals surface area contributed by atoms with Gasteiger partial charge in [-0.2, -0.15) is 0 Å². The van der Waals surface area contributed by atoms with Gasteiger partial charge >= 0.3 is 0 Å². The Hall–Kier alpha value is -1.20. The summed E-state index contributed by atoms with van der Waals surface area (Å²) in [5.41, 5.74) is 1.10. The lowest BCUT2D eigenvalue weighted by Crippen LogP contribution is -2.17. The van der Waals surface area contributed by atoms with E-state index in [1.54, 1.807) is 17.6 Å². The van der Waals surface area contributed by atoms with Gasteiger partial charge in [0.25, 0.3) is 0 Å². The van der Waals surface area contributed by atoms with Gasteiger partial charge in [-0.05, 0) is 32.0 Å². The van der Waals surface area contributed by atoms with Crippen molar-refractivity contribution in [3.63, 3.8) is 0 Å². The molecule has 1 atom stereocenters. The Balaban J connectivity index is 2.23. The first-order valence-corrected chi connectivity index (χ1v) is 6.15. The molecule has 2 heterocycles. The summed E-state index contributed by atoms with van der Waals surface area (Å²) in [6.07, 6.45) is 1.68. The first-order valence-electron chi connectivity index (χ1n) is 5.33. The van der Waals surface area contributed by atoms with E-state index < -0.39 is 0 Å². The predicted octanol–water partition coefficient (Wildman–Crippen LogP) is 2.78. The van der Waals surface area contributed by atoms with E-state index in [1.807, 2.05) is 13.0 Å². The zero-order valence-electron chi connectivity index (χ0n) is 9.65. The van der Waals surface area contributed by atoms with Crippen LogP contribution in [0.5, 0.6) is 0 Å². The Labute approximate surface area is 98.7 Å². The third-order valence-electron chi connectivity index (χ3n) is 2.38. The molecule has 2 aromatic heterocycles. The lowest BCUT2D eigenvalue weighted by atomic mass is 10.3. The van der Waals surface area contributed by atoms with Crippen molar-refractivity contribution in [1.82, 2.24) is 15.5 Å². The maximum Gasteiger partial charge on any atom is 0.183 e. The largest absolute Gasteiger partial charge is 0.461 e. The van der Waals surface area contributed by atoms with Crippen LogP contribution >= 0.6 is 11.3 Å². The Morgan fingerprint density at radius 1 is 1.50 bits per heavy atom. The molecule has 4 nitrogen and oxygen atoms in total. The summed E-state index contributed by atoms with van der Waals surface area (Å²) in [4.78, 5) is 0. The topological polar surface area (TPSA) is 51.0 Å². The second-order valence-electron chi connectivity index (χ2n) is 3.66. The predicted molar refractivity (Wildman–Crippen MR) is 64.4 cm³/mol. The molecule has 5 heteroatoms. The lowest BCUT2D eigenvalue weighted by molar-refractivity contribution is 0.578. The van der Waals surface area contributed by atoms with Crippen LogP contribution in [0.15, 0.2) is 16.7 Å². The molecule has 0 amide bonds. The van der Waals surface area contributed by atoms with Crippen molar-refractivity contribution in [2.75, 3.05) is 6.54 Å². The van der Waals surface area contributed by atoms with Gasteiger partial charge in [0, 0.05) is 0 Å². The fraction of sp³-hybridized carbons (Fsp3) is 0.455. The lowest BCUT2D eigenvalue weighted by Gasteiger charge is -2.06. The molecule has 1 N–H and O–H groups in total. The van der Waals surface area contributed by atoms with Gasteiger partial charge < -0.3 is 9.73 Å². The molecule has 2 rings (SSSR count). The van der Waals surface area contributed by atoms with Crippen LogP contribution in [-0.2, 0) is 0 Å². The zero-order valence-corrected chi connectivity index (χ0v) is 10.5. The first kappa shape index (κ1) is 11.3. The molecule has 0 aliphatic rings. The highest BCUT2D eigenvalue weighted by Gasteiger charge is 2.15. The van der Waals surface area contributed by atoms with Crippen LogP contribution in [0.4, 0.5) is 0 Å². The van der Waals surface area contributed by atoms with E-state index >= 15 is 0 Å². The highest BCUT2D eigenvalue weighted by molar-refractivity contribution is 7.14. The standard InChI is InChI=1S/C11H15N3OS/c1-4-12-8(3)10-13-14-11(16-10)9-7(2)5-6-15-9/h5-6,8,12H,4H2,1-3H3. The first-order chi connectivity index (χ1) is 7.72. The number of nitrogens with zero attached hydrogens (tertiary/aromatic N) is 2. The molecule has 0 saturated carbocycles. The molecule has 0 bridgehead atoms. The summed E-state index contributed by atoms with van der Waals surface area (Å²) in [6, 6.07) is 2.18. The van der Waals surface area contributed by atoms with Crippen molar-refractivity contribution in [2.24, 2.45) is 0 Å². The van der Waals surface area contributed by atoms with Gasteiger partial charge in [-0.3, -0.25) is 0 Å². The summed E-state index contributed by atoms with van der Waals surface area (Å²) in [6.45, 7) is 7.10. The van der Waals surface area contributed by atoms with Crippen LogP contribution in [0.25, 0.3) is 10.8 Å². The van der Waals surface area contributed by atoms with Gasteiger partial charge in [0.2, 0.25) is 0 Å². The Bertz CT molecular complexity index is 463. The maximum atomic E-state index is 5.39. The van der Waals surface area contributed by atoms with Gasteiger partial charge in [-0.15, -0.1) is 10.2 Å². The summed E-state index contributed by atoms with van der Waals surface area (Å²) in [5.74, 6) is 0.826. The van der Waals surface area contributed by atoms with Gasteiger partial charge in [-0.1, -0.05) is 18.3 Å². The smallest absolute Gasteiger partial charge is 0.183 e. The summed E-state index contributed by atoms with van der Waals surface area (Å²) < 4.78 is 5.39. The van der Waals surface area contributed by atoms with E-state index in [2.05, 4.69) is 29.4 Å². The monoisotopic (exact) mass is 237 g/mol. The minimum atomic E-state index is 0.242. The number of hydrogen-bond acceptors (Lipinski definition) is 5. The fourth-order valence-corrected chi connectivity index (χ4v) is 2.41. The molecular formula is C11H15N3OS. The molecule has 0 aromatic carbocycles. The van der Waals surface area contributed by atoms with Crippen LogP contribution < -0.4 is 5.32 Å². The van der Waals surface area contributed by atoms with E-state index in [-0.39, 0.29) is 6.04 Å². The highest BCUT2D eigenvalue weighted by atomic mass is 32.1. The molecule has 0 aliphatic heterocycles. The molecule has 0 spiro atoms. The van der Waals surface area contributed by atoms with Crippen LogP contribution in [0.1, 0.15) is 30.5 Å². The van der Waals surface area contributed by atoms with Crippen LogP contribution in [0.2, 0.25) is 0 Å². The van der Waals surface area contributed by atoms with Crippen LogP contribution in [0.3, 0.4) is 0 Å². The third-order valence-corrected chi connectivity index (χ3v) is 3.48. The number of nitrogens with one attached hydrogen (secondary N) is 1. The van der Waals surface area contributed by atoms with E-state index in [9.17, 15) is 0 Å². The second-order valence-corrected chi connectivity index (χ2v) is 4.67. The Morgan fingerprint density at radius 2 is 2.31 bits per heavy atom. The van der Waals surface area contributed by atoms with Gasteiger partial charge in [0.05, 0.1) is 12.3 Å². The van der Waals surface area contributed by atoms with Crippen molar-refractivity contribution < 1.29 is 4.42 Å². The van der Waals surface area contributed by atoms with Crippen molar-refractivity contribution in [2.45, 2.75) is 26.8 Å². The normalized spacial score (nSPS) is 12.9. The average molecular weight is 237 g/mol. The fourth-order valence-electron chi connectivity index (χ4n) is 1.49. The second kappa shape index (κ2) is 4.76. The molecule has 0 aliphatic carbocycles. The summed E-state index contributed by atoms with van der Waals surface area (Å²) in [5, 5.41) is 13.5. The van der Waals surface area contributed by atoms with Gasteiger partial charge in [0.1, 0.15) is 5.01 Å². The molecule has 0 saturated heterocycles. The molecular weight excluding hydrogens is 222 g/mol. The molecule has 16 heavy (non-hydrogen) atoms. The van der Waals surface area contributed by atoms with Crippen LogP contribution in [0, 0.1) is 6.92 Å². The van der Waals surface area contributed by atoms with Crippen molar-refractivity contribution in [3.05, 3.63) is 22.9 Å². The highest BCUT2D eigenvalue weighted by Crippen LogP contribution is 2.29. The van der Waals surface area contributed by atoms with E-state index in [1.165, 1.54) is 0 Å². The zero-order chi connectivity index (χ0) is 11.5. The number of furan rings is 1. The Morgan fingerprint density at radius 3 is 2.94 bits per heavy atom. The minimum absolute atomic E-state index is 0.242. The molecule has 2 aromatic rings. The SMILES string of the molecule is CCNC(C)c1nnc(-c2occc2C)s1. The number of hydrogen-bond donors (Lipinski definition) is 1. The molecule has 0 fully saturated rings.